The molecule has 2 aromatic heterocycles. The van der Waals surface area contributed by atoms with E-state index < -0.39 is 0 Å². The monoisotopic (exact) mass is 247 g/mol. The van der Waals surface area contributed by atoms with Crippen molar-refractivity contribution >= 4 is 17.3 Å². The lowest BCUT2D eigenvalue weighted by molar-refractivity contribution is 0.0607. The zero-order chi connectivity index (χ0) is 12.4. The normalized spacial score (nSPS) is 10.3. The van der Waals surface area contributed by atoms with Crippen molar-refractivity contribution in [3.05, 3.63) is 39.8 Å². The molecular formula is C13H13NO2S. The zero-order valence-electron chi connectivity index (χ0n) is 9.98. The molecule has 0 bridgehead atoms. The van der Waals surface area contributed by atoms with Gasteiger partial charge >= 0.3 is 5.97 Å². The molecule has 0 radical (unpaired) electrons. The molecular weight excluding hydrogens is 234 g/mol. The lowest BCUT2D eigenvalue weighted by Crippen LogP contribution is -2.01. The Kier molecular flexibility index (Phi) is 3.24. The minimum absolute atomic E-state index is 0.290. The third kappa shape index (κ3) is 2.08. The highest BCUT2D eigenvalue weighted by molar-refractivity contribution is 7.12. The van der Waals surface area contributed by atoms with Crippen LogP contribution in [0.25, 0.3) is 11.1 Å². The van der Waals surface area contributed by atoms with Gasteiger partial charge in [-0.25, -0.2) is 4.79 Å². The van der Waals surface area contributed by atoms with Crippen LogP contribution in [0.2, 0.25) is 0 Å². The van der Waals surface area contributed by atoms with Crippen molar-refractivity contribution in [3.63, 3.8) is 0 Å². The predicted octanol–water partition coefficient (Wildman–Crippen LogP) is 3.21. The topological polar surface area (TPSA) is 39.2 Å². The van der Waals surface area contributed by atoms with Crippen LogP contribution in [-0.4, -0.2) is 18.1 Å². The number of esters is 1. The van der Waals surface area contributed by atoms with Crippen LogP contribution >= 0.6 is 11.3 Å². The average Bonchev–Trinajstić information content (AvgIpc) is 2.71. The van der Waals surface area contributed by atoms with Gasteiger partial charge in [-0.3, -0.25) is 4.98 Å². The summed E-state index contributed by atoms with van der Waals surface area (Å²) < 4.78 is 4.80. The summed E-state index contributed by atoms with van der Waals surface area (Å²) in [5.41, 5.74) is 4.11. The van der Waals surface area contributed by atoms with Crippen molar-refractivity contribution in [1.82, 2.24) is 4.98 Å². The van der Waals surface area contributed by atoms with Crippen molar-refractivity contribution < 1.29 is 9.53 Å². The summed E-state index contributed by atoms with van der Waals surface area (Å²) in [6.07, 6.45) is 3.54. The Balaban J connectivity index is 2.63. The second-order valence-electron chi connectivity index (χ2n) is 3.81. The van der Waals surface area contributed by atoms with Crippen molar-refractivity contribution in [3.8, 4) is 11.1 Å². The molecule has 3 nitrogen and oxygen atoms in total. The quantitative estimate of drug-likeness (QED) is 0.765. The lowest BCUT2D eigenvalue weighted by atomic mass is 10.0. The summed E-state index contributed by atoms with van der Waals surface area (Å²) in [4.78, 5) is 16.5. The molecule has 0 atom stereocenters. The zero-order valence-corrected chi connectivity index (χ0v) is 10.8. The summed E-state index contributed by atoms with van der Waals surface area (Å²) >= 11 is 1.41. The van der Waals surface area contributed by atoms with E-state index >= 15 is 0 Å². The van der Waals surface area contributed by atoms with Crippen LogP contribution in [-0.2, 0) is 4.74 Å². The molecule has 4 heteroatoms. The molecule has 0 spiro atoms. The number of aromatic nitrogens is 1. The summed E-state index contributed by atoms with van der Waals surface area (Å²) in [5, 5.41) is 1.97. The van der Waals surface area contributed by atoms with Gasteiger partial charge in [-0.2, -0.15) is 0 Å². The fraction of sp³-hybridized carbons (Fsp3) is 0.231. The maximum Gasteiger partial charge on any atom is 0.348 e. The fourth-order valence-corrected chi connectivity index (χ4v) is 2.73. The number of hydrogen-bond donors (Lipinski definition) is 0. The predicted molar refractivity (Wildman–Crippen MR) is 68.4 cm³/mol. The van der Waals surface area contributed by atoms with Gasteiger partial charge in [0.25, 0.3) is 0 Å². The molecule has 0 aromatic carbocycles. The molecule has 0 N–H and O–H groups in total. The van der Waals surface area contributed by atoms with Crippen LogP contribution in [0.1, 0.15) is 20.8 Å². The van der Waals surface area contributed by atoms with Gasteiger partial charge in [0.1, 0.15) is 4.88 Å². The van der Waals surface area contributed by atoms with Crippen LogP contribution in [0.3, 0.4) is 0 Å². The van der Waals surface area contributed by atoms with Gasteiger partial charge < -0.3 is 4.74 Å². The van der Waals surface area contributed by atoms with E-state index in [1.54, 1.807) is 12.4 Å². The minimum Gasteiger partial charge on any atom is -0.465 e. The molecule has 2 aromatic rings. The van der Waals surface area contributed by atoms with E-state index in [-0.39, 0.29) is 5.97 Å². The standard InChI is InChI=1S/C13H13NO2S/c1-8-4-5-14-6-10(8)11-9(2)7-17-12(11)13(15)16-3/h4-7H,1-3H3. The molecule has 0 saturated heterocycles. The highest BCUT2D eigenvalue weighted by Gasteiger charge is 2.19. The van der Waals surface area contributed by atoms with Gasteiger partial charge in [0.05, 0.1) is 7.11 Å². The van der Waals surface area contributed by atoms with Crippen molar-refractivity contribution in [2.75, 3.05) is 7.11 Å². The van der Waals surface area contributed by atoms with Crippen molar-refractivity contribution in [2.24, 2.45) is 0 Å². The van der Waals surface area contributed by atoms with Gasteiger partial charge in [-0.1, -0.05) is 0 Å². The number of carbonyl (C=O) groups is 1. The number of aryl methyl sites for hydroxylation is 2. The first-order chi connectivity index (χ1) is 8.15. The smallest absolute Gasteiger partial charge is 0.348 e. The molecule has 0 aliphatic carbocycles. The number of carbonyl (C=O) groups excluding carboxylic acids is 1. The maximum atomic E-state index is 11.7. The number of hydrogen-bond acceptors (Lipinski definition) is 4. The number of pyridine rings is 1. The first-order valence-electron chi connectivity index (χ1n) is 5.22. The van der Waals surface area contributed by atoms with Crippen LogP contribution in [0.5, 0.6) is 0 Å². The van der Waals surface area contributed by atoms with E-state index in [4.69, 9.17) is 4.74 Å². The third-order valence-corrected chi connectivity index (χ3v) is 3.73. The second-order valence-corrected chi connectivity index (χ2v) is 4.68. The molecule has 0 saturated carbocycles. The summed E-state index contributed by atoms with van der Waals surface area (Å²) in [6.45, 7) is 4.00. The molecule has 0 fully saturated rings. The molecule has 0 aliphatic heterocycles. The number of nitrogens with zero attached hydrogens (tertiary/aromatic N) is 1. The Morgan fingerprint density at radius 2 is 2.12 bits per heavy atom. The van der Waals surface area contributed by atoms with E-state index in [1.165, 1.54) is 18.4 Å². The molecule has 2 heterocycles. The number of methoxy groups -OCH3 is 1. The third-order valence-electron chi connectivity index (χ3n) is 2.65. The van der Waals surface area contributed by atoms with Crippen LogP contribution in [0.4, 0.5) is 0 Å². The first kappa shape index (κ1) is 11.8. The minimum atomic E-state index is -0.290. The SMILES string of the molecule is COC(=O)c1scc(C)c1-c1cnccc1C. The summed E-state index contributed by atoms with van der Waals surface area (Å²) in [7, 11) is 1.40. The Morgan fingerprint density at radius 3 is 2.76 bits per heavy atom. The van der Waals surface area contributed by atoms with Gasteiger partial charge in [0.2, 0.25) is 0 Å². The molecule has 88 valence electrons. The molecule has 0 aliphatic rings. The van der Waals surface area contributed by atoms with Crippen molar-refractivity contribution in [1.29, 1.82) is 0 Å². The van der Waals surface area contributed by atoms with Gasteiger partial charge in [-0.15, -0.1) is 11.3 Å². The lowest BCUT2D eigenvalue weighted by Gasteiger charge is -2.07. The van der Waals surface area contributed by atoms with Crippen LogP contribution < -0.4 is 0 Å². The van der Waals surface area contributed by atoms with Gasteiger partial charge in [-0.05, 0) is 36.4 Å². The highest BCUT2D eigenvalue weighted by atomic mass is 32.1. The van der Waals surface area contributed by atoms with Crippen LogP contribution in [0.15, 0.2) is 23.8 Å². The largest absolute Gasteiger partial charge is 0.465 e. The van der Waals surface area contributed by atoms with E-state index in [9.17, 15) is 4.79 Å². The van der Waals surface area contributed by atoms with Gasteiger partial charge in [0, 0.05) is 23.5 Å². The maximum absolute atomic E-state index is 11.7. The van der Waals surface area contributed by atoms with E-state index in [1.807, 2.05) is 25.3 Å². The Hall–Kier alpha value is -1.68. The molecule has 2 rings (SSSR count). The number of ether oxygens (including phenoxy) is 1. The Labute approximate surface area is 104 Å². The summed E-state index contributed by atoms with van der Waals surface area (Å²) in [5.74, 6) is -0.290. The highest BCUT2D eigenvalue weighted by Crippen LogP contribution is 2.34. The molecule has 17 heavy (non-hydrogen) atoms. The van der Waals surface area contributed by atoms with Crippen LogP contribution in [0, 0.1) is 13.8 Å². The fourth-order valence-electron chi connectivity index (χ4n) is 1.75. The molecule has 0 unspecified atom stereocenters. The van der Waals surface area contributed by atoms with E-state index in [0.717, 1.165) is 22.3 Å². The second kappa shape index (κ2) is 4.67. The van der Waals surface area contributed by atoms with E-state index in [0.29, 0.717) is 4.88 Å². The van der Waals surface area contributed by atoms with E-state index in [2.05, 4.69) is 4.98 Å². The number of rotatable bonds is 2. The Bertz CT molecular complexity index is 560. The van der Waals surface area contributed by atoms with Gasteiger partial charge in [0.15, 0.2) is 0 Å². The molecule has 0 amide bonds. The Morgan fingerprint density at radius 1 is 1.35 bits per heavy atom. The van der Waals surface area contributed by atoms with Crippen molar-refractivity contribution in [2.45, 2.75) is 13.8 Å². The first-order valence-corrected chi connectivity index (χ1v) is 6.10. The average molecular weight is 247 g/mol. The number of thiophene rings is 1. The summed E-state index contributed by atoms with van der Waals surface area (Å²) in [6, 6.07) is 1.94.